The van der Waals surface area contributed by atoms with Gasteiger partial charge < -0.3 is 15.1 Å². The SMILES string of the molecule is CC(C)CC[C@@]1(C(=O)O)CN(C(=O)CCc2ccccc2)CC[C@H]1O. The average molecular weight is 347 g/mol. The molecular formula is C20H29NO4. The van der Waals surface area contributed by atoms with E-state index in [-0.39, 0.29) is 12.5 Å². The summed E-state index contributed by atoms with van der Waals surface area (Å²) in [4.78, 5) is 26.2. The number of amides is 1. The topological polar surface area (TPSA) is 77.8 Å². The molecule has 0 bridgehead atoms. The molecule has 5 nitrogen and oxygen atoms in total. The van der Waals surface area contributed by atoms with Crippen molar-refractivity contribution in [2.24, 2.45) is 11.3 Å². The van der Waals surface area contributed by atoms with Gasteiger partial charge in [-0.2, -0.15) is 0 Å². The largest absolute Gasteiger partial charge is 0.481 e. The third-order valence-corrected chi connectivity index (χ3v) is 5.20. The predicted octanol–water partition coefficient (Wildman–Crippen LogP) is 2.72. The molecule has 138 valence electrons. The first-order valence-electron chi connectivity index (χ1n) is 9.08. The van der Waals surface area contributed by atoms with Gasteiger partial charge in [-0.1, -0.05) is 44.2 Å². The van der Waals surface area contributed by atoms with E-state index in [0.29, 0.717) is 38.1 Å². The van der Waals surface area contributed by atoms with Crippen LogP contribution in [0.4, 0.5) is 0 Å². The Bertz CT molecular complexity index is 587. The minimum absolute atomic E-state index is 0.0362. The number of carbonyl (C=O) groups excluding carboxylic acids is 1. The fraction of sp³-hybridized carbons (Fsp3) is 0.600. The Kier molecular flexibility index (Phi) is 6.59. The molecule has 0 spiro atoms. The number of hydrogen-bond donors (Lipinski definition) is 2. The molecule has 1 fully saturated rings. The van der Waals surface area contributed by atoms with Crippen molar-refractivity contribution < 1.29 is 19.8 Å². The summed E-state index contributed by atoms with van der Waals surface area (Å²) >= 11 is 0. The lowest BCUT2D eigenvalue weighted by molar-refractivity contribution is -0.167. The van der Waals surface area contributed by atoms with E-state index in [1.54, 1.807) is 4.90 Å². The van der Waals surface area contributed by atoms with Gasteiger partial charge in [-0.15, -0.1) is 0 Å². The molecular weight excluding hydrogens is 318 g/mol. The predicted molar refractivity (Wildman–Crippen MR) is 96.1 cm³/mol. The molecule has 1 saturated heterocycles. The number of aliphatic hydroxyl groups excluding tert-OH is 1. The third kappa shape index (κ3) is 4.82. The smallest absolute Gasteiger partial charge is 0.314 e. The molecule has 2 rings (SSSR count). The average Bonchev–Trinajstić information content (AvgIpc) is 2.59. The van der Waals surface area contributed by atoms with Crippen molar-refractivity contribution >= 4 is 11.9 Å². The number of aryl methyl sites for hydroxylation is 1. The number of piperidine rings is 1. The molecule has 1 aliphatic heterocycles. The highest BCUT2D eigenvalue weighted by atomic mass is 16.4. The summed E-state index contributed by atoms with van der Waals surface area (Å²) in [6, 6.07) is 9.79. The van der Waals surface area contributed by atoms with Gasteiger partial charge >= 0.3 is 5.97 Å². The lowest BCUT2D eigenvalue weighted by Crippen LogP contribution is -2.57. The Morgan fingerprint density at radius 3 is 2.56 bits per heavy atom. The Morgan fingerprint density at radius 1 is 1.28 bits per heavy atom. The fourth-order valence-corrected chi connectivity index (χ4v) is 3.46. The highest BCUT2D eigenvalue weighted by Gasteiger charge is 2.49. The number of hydrogen-bond acceptors (Lipinski definition) is 3. The van der Waals surface area contributed by atoms with Gasteiger partial charge in [0.05, 0.1) is 6.10 Å². The molecule has 1 aromatic rings. The second-order valence-corrected chi connectivity index (χ2v) is 7.50. The van der Waals surface area contributed by atoms with Gasteiger partial charge in [-0.05, 0) is 37.2 Å². The number of carboxylic acid groups (broad SMARTS) is 1. The standard InChI is InChI=1S/C20H29NO4/c1-15(2)10-12-20(19(24)25)14-21(13-11-17(20)22)18(23)9-8-16-6-4-3-5-7-16/h3-7,15,17,22H,8-14H2,1-2H3,(H,24,25)/t17-,20-/m1/s1. The zero-order valence-corrected chi connectivity index (χ0v) is 15.1. The van der Waals surface area contributed by atoms with Crippen molar-refractivity contribution in [3.63, 3.8) is 0 Å². The number of benzene rings is 1. The van der Waals surface area contributed by atoms with Crippen molar-refractivity contribution in [3.8, 4) is 0 Å². The summed E-state index contributed by atoms with van der Waals surface area (Å²) in [6.45, 7) is 4.59. The van der Waals surface area contributed by atoms with E-state index in [1.165, 1.54) is 0 Å². The molecule has 2 N–H and O–H groups in total. The molecule has 1 heterocycles. The number of aliphatic hydroxyl groups is 1. The summed E-state index contributed by atoms with van der Waals surface area (Å²) in [6.07, 6.45) is 1.53. The molecule has 1 aromatic carbocycles. The van der Waals surface area contributed by atoms with Crippen LogP contribution < -0.4 is 0 Å². The molecule has 0 saturated carbocycles. The van der Waals surface area contributed by atoms with E-state index < -0.39 is 17.5 Å². The fourth-order valence-electron chi connectivity index (χ4n) is 3.46. The minimum Gasteiger partial charge on any atom is -0.481 e. The van der Waals surface area contributed by atoms with Crippen LogP contribution in [0.1, 0.15) is 45.1 Å². The minimum atomic E-state index is -1.25. The molecule has 2 atom stereocenters. The maximum absolute atomic E-state index is 12.6. The van der Waals surface area contributed by atoms with E-state index in [1.807, 2.05) is 44.2 Å². The normalized spacial score (nSPS) is 23.7. The first kappa shape index (κ1) is 19.4. The second kappa shape index (κ2) is 8.48. The van der Waals surface area contributed by atoms with Crippen LogP contribution in [-0.2, 0) is 16.0 Å². The Balaban J connectivity index is 2.03. The van der Waals surface area contributed by atoms with Gasteiger partial charge in [0.25, 0.3) is 0 Å². The molecule has 0 aliphatic carbocycles. The van der Waals surface area contributed by atoms with Gasteiger partial charge in [-0.3, -0.25) is 9.59 Å². The first-order chi connectivity index (χ1) is 11.8. The lowest BCUT2D eigenvalue weighted by Gasteiger charge is -2.43. The van der Waals surface area contributed by atoms with Crippen LogP contribution in [0.2, 0.25) is 0 Å². The van der Waals surface area contributed by atoms with Gasteiger partial charge in [-0.25, -0.2) is 0 Å². The zero-order valence-electron chi connectivity index (χ0n) is 15.1. The zero-order chi connectivity index (χ0) is 18.4. The van der Waals surface area contributed by atoms with Crippen molar-refractivity contribution in [3.05, 3.63) is 35.9 Å². The van der Waals surface area contributed by atoms with Crippen molar-refractivity contribution in [1.82, 2.24) is 4.90 Å². The quantitative estimate of drug-likeness (QED) is 0.795. The Labute approximate surface area is 149 Å². The van der Waals surface area contributed by atoms with Crippen molar-refractivity contribution in [1.29, 1.82) is 0 Å². The van der Waals surface area contributed by atoms with Gasteiger partial charge in [0.15, 0.2) is 0 Å². The van der Waals surface area contributed by atoms with E-state index in [0.717, 1.165) is 12.0 Å². The van der Waals surface area contributed by atoms with Crippen LogP contribution in [0, 0.1) is 11.3 Å². The molecule has 1 amide bonds. The van der Waals surface area contributed by atoms with Gasteiger partial charge in [0, 0.05) is 19.5 Å². The van der Waals surface area contributed by atoms with E-state index >= 15 is 0 Å². The van der Waals surface area contributed by atoms with Crippen LogP contribution in [0.5, 0.6) is 0 Å². The molecule has 0 unspecified atom stereocenters. The number of aliphatic carboxylic acids is 1. The number of carbonyl (C=O) groups is 2. The van der Waals surface area contributed by atoms with Crippen LogP contribution in [0.3, 0.4) is 0 Å². The molecule has 0 aromatic heterocycles. The first-order valence-corrected chi connectivity index (χ1v) is 9.08. The maximum Gasteiger partial charge on any atom is 0.314 e. The second-order valence-electron chi connectivity index (χ2n) is 7.50. The van der Waals surface area contributed by atoms with E-state index in [2.05, 4.69) is 0 Å². The van der Waals surface area contributed by atoms with E-state index in [9.17, 15) is 19.8 Å². The lowest BCUT2D eigenvalue weighted by atomic mass is 9.72. The van der Waals surface area contributed by atoms with Gasteiger partial charge in [0.1, 0.15) is 5.41 Å². The van der Waals surface area contributed by atoms with E-state index in [4.69, 9.17) is 0 Å². The van der Waals surface area contributed by atoms with Crippen molar-refractivity contribution in [2.75, 3.05) is 13.1 Å². The molecule has 5 heteroatoms. The number of likely N-dealkylation sites (tertiary alicyclic amines) is 1. The Hall–Kier alpha value is -1.88. The summed E-state index contributed by atoms with van der Waals surface area (Å²) < 4.78 is 0. The summed E-state index contributed by atoms with van der Waals surface area (Å²) in [5, 5.41) is 20.2. The highest BCUT2D eigenvalue weighted by molar-refractivity contribution is 5.80. The van der Waals surface area contributed by atoms with Crippen LogP contribution in [0.25, 0.3) is 0 Å². The third-order valence-electron chi connectivity index (χ3n) is 5.20. The monoisotopic (exact) mass is 347 g/mol. The summed E-state index contributed by atoms with van der Waals surface area (Å²) in [7, 11) is 0. The summed E-state index contributed by atoms with van der Waals surface area (Å²) in [5.41, 5.74) is -0.150. The molecule has 0 radical (unpaired) electrons. The number of nitrogens with zero attached hydrogens (tertiary/aromatic N) is 1. The Morgan fingerprint density at radius 2 is 1.96 bits per heavy atom. The maximum atomic E-state index is 12.6. The van der Waals surface area contributed by atoms with Crippen LogP contribution in [-0.4, -0.2) is 46.2 Å². The molecule has 25 heavy (non-hydrogen) atoms. The van der Waals surface area contributed by atoms with Crippen LogP contribution in [0.15, 0.2) is 30.3 Å². The van der Waals surface area contributed by atoms with Gasteiger partial charge in [0.2, 0.25) is 5.91 Å². The highest BCUT2D eigenvalue weighted by Crippen LogP contribution is 2.37. The number of carboxylic acids is 1. The molecule has 1 aliphatic rings. The number of rotatable bonds is 7. The summed E-state index contributed by atoms with van der Waals surface area (Å²) in [5.74, 6) is -0.681. The van der Waals surface area contributed by atoms with Crippen LogP contribution >= 0.6 is 0 Å². The van der Waals surface area contributed by atoms with Crippen molar-refractivity contribution in [2.45, 2.75) is 52.1 Å².